The summed E-state index contributed by atoms with van der Waals surface area (Å²) < 4.78 is 38.2. The number of carbonyl (C=O) groups is 1. The molecule has 220 valence electrons. The number of hydrogen-bond donors (Lipinski definition) is 1. The van der Waals surface area contributed by atoms with Gasteiger partial charge in [-0.3, -0.25) is 9.46 Å². The number of nitrogens with zero attached hydrogens (tertiary/aromatic N) is 2. The lowest BCUT2D eigenvalue weighted by atomic mass is 9.96. The zero-order valence-corrected chi connectivity index (χ0v) is 25.5. The first kappa shape index (κ1) is 30.9. The second kappa shape index (κ2) is 12.8. The van der Waals surface area contributed by atoms with E-state index >= 15 is 0 Å². The third kappa shape index (κ3) is 8.03. The van der Waals surface area contributed by atoms with Crippen molar-refractivity contribution >= 4 is 13.3 Å². The largest absolute Gasteiger partial charge is 0.481 e. The summed E-state index contributed by atoms with van der Waals surface area (Å²) in [6.45, 7) is 10.3. The molecule has 41 heavy (non-hydrogen) atoms. The minimum atomic E-state index is -3.21. The summed E-state index contributed by atoms with van der Waals surface area (Å²) in [5.74, 6) is -0.0209. The molecule has 1 aromatic heterocycles. The van der Waals surface area contributed by atoms with Crippen LogP contribution in [0.5, 0.6) is 11.6 Å². The third-order valence-electron chi connectivity index (χ3n) is 7.57. The number of esters is 1. The zero-order chi connectivity index (χ0) is 29.9. The van der Waals surface area contributed by atoms with Crippen molar-refractivity contribution in [3.63, 3.8) is 0 Å². The highest BCUT2D eigenvalue weighted by Crippen LogP contribution is 2.50. The summed E-state index contributed by atoms with van der Waals surface area (Å²) in [6.07, 6.45) is 3.40. The summed E-state index contributed by atoms with van der Waals surface area (Å²) in [6, 6.07) is 14.4. The van der Waals surface area contributed by atoms with Crippen molar-refractivity contribution in [2.45, 2.75) is 65.1 Å². The maximum Gasteiger partial charge on any atom is 0.343 e. The minimum Gasteiger partial charge on any atom is -0.481 e. The number of pyridine rings is 1. The van der Waals surface area contributed by atoms with Gasteiger partial charge in [-0.1, -0.05) is 18.2 Å². The lowest BCUT2D eigenvalue weighted by Crippen LogP contribution is -2.36. The summed E-state index contributed by atoms with van der Waals surface area (Å²) in [5.41, 5.74) is 3.01. The van der Waals surface area contributed by atoms with Crippen molar-refractivity contribution in [2.24, 2.45) is 5.92 Å². The second-order valence-electron chi connectivity index (χ2n) is 11.6. The number of carbonyl (C=O) groups excluding carboxylic acids is 1. The van der Waals surface area contributed by atoms with Crippen LogP contribution in [-0.2, 0) is 11.1 Å². The van der Waals surface area contributed by atoms with E-state index in [4.69, 9.17) is 9.47 Å². The van der Waals surface area contributed by atoms with Gasteiger partial charge in [0.15, 0.2) is 7.37 Å². The standard InChI is InChI=1S/C32H40FN2O5P/c1-20(2)35(21(3)4)18-25-14-24(12-13-27(25)28-16-31(39-5)34-17-30(28)33)32(36)40-26-9-7-8-23(15-26)29(22-10-11-22)19-41(6,37)38/h7-9,12-17,20-22,29H,10-11,18-19H2,1-6H3,(H,37,38). The number of halogens is 1. The van der Waals surface area contributed by atoms with E-state index in [1.807, 2.05) is 12.1 Å². The molecule has 0 saturated heterocycles. The highest BCUT2D eigenvalue weighted by atomic mass is 31.2. The molecule has 1 fully saturated rings. The zero-order valence-electron chi connectivity index (χ0n) is 24.6. The van der Waals surface area contributed by atoms with Crippen LogP contribution in [0.4, 0.5) is 4.39 Å². The molecular weight excluding hydrogens is 542 g/mol. The number of rotatable bonds is 12. The van der Waals surface area contributed by atoms with E-state index < -0.39 is 19.2 Å². The van der Waals surface area contributed by atoms with Crippen molar-refractivity contribution in [1.82, 2.24) is 9.88 Å². The van der Waals surface area contributed by atoms with Crippen LogP contribution in [0, 0.1) is 11.7 Å². The Hall–Kier alpha value is -3.06. The van der Waals surface area contributed by atoms with Crippen LogP contribution in [0.3, 0.4) is 0 Å². The number of hydrogen-bond acceptors (Lipinski definition) is 6. The molecular formula is C32H40FN2O5P. The van der Waals surface area contributed by atoms with Gasteiger partial charge in [-0.25, -0.2) is 14.2 Å². The maximum absolute atomic E-state index is 15.0. The molecule has 1 N–H and O–H groups in total. The highest BCUT2D eigenvalue weighted by molar-refractivity contribution is 7.57. The molecule has 9 heteroatoms. The monoisotopic (exact) mass is 582 g/mol. The second-order valence-corrected chi connectivity index (χ2v) is 14.0. The van der Waals surface area contributed by atoms with Gasteiger partial charge in [-0.15, -0.1) is 0 Å². The quantitative estimate of drug-likeness (QED) is 0.138. The summed E-state index contributed by atoms with van der Waals surface area (Å²) in [5, 5.41) is 0. The van der Waals surface area contributed by atoms with Crippen LogP contribution in [0.2, 0.25) is 0 Å². The van der Waals surface area contributed by atoms with Gasteiger partial charge in [0, 0.05) is 43.1 Å². The Morgan fingerprint density at radius 3 is 2.41 bits per heavy atom. The van der Waals surface area contributed by atoms with Crippen molar-refractivity contribution in [2.75, 3.05) is 19.9 Å². The van der Waals surface area contributed by atoms with Crippen molar-refractivity contribution in [3.05, 3.63) is 77.2 Å². The summed E-state index contributed by atoms with van der Waals surface area (Å²) in [7, 11) is -1.73. The lowest BCUT2D eigenvalue weighted by molar-refractivity contribution is 0.0734. The van der Waals surface area contributed by atoms with Gasteiger partial charge < -0.3 is 14.4 Å². The van der Waals surface area contributed by atoms with E-state index in [9.17, 15) is 18.6 Å². The molecule has 2 unspecified atom stereocenters. The number of ether oxygens (including phenoxy) is 2. The number of benzene rings is 2. The van der Waals surface area contributed by atoms with Crippen LogP contribution in [0.1, 0.15) is 67.9 Å². The van der Waals surface area contributed by atoms with Gasteiger partial charge in [0.25, 0.3) is 0 Å². The van der Waals surface area contributed by atoms with Gasteiger partial charge >= 0.3 is 5.97 Å². The van der Waals surface area contributed by atoms with Gasteiger partial charge in [0.2, 0.25) is 5.88 Å². The van der Waals surface area contributed by atoms with Crippen LogP contribution < -0.4 is 9.47 Å². The first-order valence-corrected chi connectivity index (χ1v) is 16.4. The molecule has 1 saturated carbocycles. The van der Waals surface area contributed by atoms with Crippen LogP contribution in [-0.4, -0.2) is 52.8 Å². The Labute approximate surface area is 242 Å². The molecule has 0 spiro atoms. The summed E-state index contributed by atoms with van der Waals surface area (Å²) in [4.78, 5) is 29.6. The molecule has 1 aliphatic rings. The average Bonchev–Trinajstić information content (AvgIpc) is 3.75. The molecule has 0 aliphatic heterocycles. The molecule has 3 aromatic rings. The predicted molar refractivity (Wildman–Crippen MR) is 159 cm³/mol. The Kier molecular flexibility index (Phi) is 9.68. The SMILES string of the molecule is COc1cc(-c2ccc(C(=O)Oc3cccc(C(CP(C)(=O)O)C4CC4)c3)cc2CN(C(C)C)C(C)C)c(F)cn1. The molecule has 4 rings (SSSR count). The normalized spacial score (nSPS) is 15.7. The molecule has 7 nitrogen and oxygen atoms in total. The Bertz CT molecular complexity index is 1430. The molecule has 0 amide bonds. The topological polar surface area (TPSA) is 89.0 Å². The number of methoxy groups -OCH3 is 1. The van der Waals surface area contributed by atoms with Gasteiger partial charge in [0.05, 0.1) is 18.9 Å². The van der Waals surface area contributed by atoms with Crippen LogP contribution in [0.25, 0.3) is 11.1 Å². The van der Waals surface area contributed by atoms with E-state index in [0.717, 1.165) is 30.2 Å². The van der Waals surface area contributed by atoms with Crippen LogP contribution in [0.15, 0.2) is 54.7 Å². The van der Waals surface area contributed by atoms with E-state index in [1.165, 1.54) is 13.8 Å². The fourth-order valence-corrected chi connectivity index (χ4v) is 6.61. The molecule has 0 bridgehead atoms. The first-order valence-electron chi connectivity index (χ1n) is 14.1. The summed E-state index contributed by atoms with van der Waals surface area (Å²) >= 11 is 0. The lowest BCUT2D eigenvalue weighted by Gasteiger charge is -2.31. The Morgan fingerprint density at radius 2 is 1.80 bits per heavy atom. The first-order chi connectivity index (χ1) is 19.4. The highest BCUT2D eigenvalue weighted by Gasteiger charge is 2.35. The van der Waals surface area contributed by atoms with E-state index in [-0.39, 0.29) is 24.2 Å². The fraction of sp³-hybridized carbons (Fsp3) is 0.438. The fourth-order valence-electron chi connectivity index (χ4n) is 5.37. The van der Waals surface area contributed by atoms with Crippen LogP contribution >= 0.6 is 7.37 Å². The Balaban J connectivity index is 1.66. The molecule has 2 aromatic carbocycles. The number of aromatic nitrogens is 1. The third-order valence-corrected chi connectivity index (χ3v) is 8.64. The minimum absolute atomic E-state index is 0.0503. The van der Waals surface area contributed by atoms with Crippen molar-refractivity contribution in [3.8, 4) is 22.8 Å². The molecule has 1 aliphatic carbocycles. The van der Waals surface area contributed by atoms with E-state index in [2.05, 4.69) is 37.6 Å². The molecule has 1 heterocycles. The van der Waals surface area contributed by atoms with Crippen molar-refractivity contribution in [1.29, 1.82) is 0 Å². The van der Waals surface area contributed by atoms with Gasteiger partial charge in [-0.05, 0) is 93.3 Å². The molecule has 0 radical (unpaired) electrons. The van der Waals surface area contributed by atoms with Gasteiger partial charge in [-0.2, -0.15) is 0 Å². The Morgan fingerprint density at radius 1 is 1.10 bits per heavy atom. The maximum atomic E-state index is 15.0. The smallest absolute Gasteiger partial charge is 0.343 e. The van der Waals surface area contributed by atoms with Gasteiger partial charge in [0.1, 0.15) is 11.6 Å². The van der Waals surface area contributed by atoms with E-state index in [0.29, 0.717) is 40.8 Å². The predicted octanol–water partition coefficient (Wildman–Crippen LogP) is 7.13. The van der Waals surface area contributed by atoms with Crippen molar-refractivity contribution < 1.29 is 28.1 Å². The molecule has 2 atom stereocenters. The van der Waals surface area contributed by atoms with E-state index in [1.54, 1.807) is 36.4 Å². The average molecular weight is 583 g/mol.